The molecule has 1 fully saturated rings. The molecular weight excluding hydrogens is 384 g/mol. The Kier molecular flexibility index (Phi) is 7.51. The molecule has 0 bridgehead atoms. The Morgan fingerprint density at radius 2 is 1.88 bits per heavy atom. The highest BCUT2D eigenvalue weighted by Gasteiger charge is 2.29. The molecule has 0 radical (unpaired) electrons. The van der Waals surface area contributed by atoms with E-state index in [1.54, 1.807) is 18.7 Å². The van der Waals surface area contributed by atoms with Gasteiger partial charge < -0.3 is 10.2 Å². The number of nitrogens with zero attached hydrogens (tertiary/aromatic N) is 3. The number of piperazine rings is 1. The number of nitro benzene ring substituents is 1. The summed E-state index contributed by atoms with van der Waals surface area (Å²) in [6.45, 7) is 5.31. The quantitative estimate of drug-likeness (QED) is 0.568. The molecule has 26 heavy (non-hydrogen) atoms. The Balaban J connectivity index is 0.00000338. The number of sulfonamides is 1. The first-order valence-electron chi connectivity index (χ1n) is 7.85. The minimum Gasteiger partial charge on any atom is -0.339 e. The van der Waals surface area contributed by atoms with Crippen LogP contribution in [0.3, 0.4) is 0 Å². The molecule has 2 rings (SSSR count). The van der Waals surface area contributed by atoms with E-state index >= 15 is 0 Å². The van der Waals surface area contributed by atoms with Crippen LogP contribution in [0.25, 0.3) is 0 Å². The van der Waals surface area contributed by atoms with E-state index in [4.69, 9.17) is 0 Å². The lowest BCUT2D eigenvalue weighted by Crippen LogP contribution is -2.49. The SMILES string of the molecule is Cc1cc([N+](=O)[O-])cc(S(=O)(=O)N(C)CC(=O)N2CCNCC2)c1C.Cl. The summed E-state index contributed by atoms with van der Waals surface area (Å²) in [5.41, 5.74) is 0.658. The summed E-state index contributed by atoms with van der Waals surface area (Å²) in [6.07, 6.45) is 0. The molecule has 1 aromatic carbocycles. The van der Waals surface area contributed by atoms with Gasteiger partial charge in [-0.25, -0.2) is 8.42 Å². The van der Waals surface area contributed by atoms with Crippen LogP contribution in [0.2, 0.25) is 0 Å². The molecule has 146 valence electrons. The number of hydrogen-bond acceptors (Lipinski definition) is 6. The van der Waals surface area contributed by atoms with Gasteiger partial charge in [-0.15, -0.1) is 12.4 Å². The number of amides is 1. The van der Waals surface area contributed by atoms with Gasteiger partial charge in [-0.1, -0.05) is 0 Å². The van der Waals surface area contributed by atoms with Gasteiger partial charge in [-0.05, 0) is 25.0 Å². The topological polar surface area (TPSA) is 113 Å². The van der Waals surface area contributed by atoms with Crippen molar-refractivity contribution in [3.8, 4) is 0 Å². The number of carbonyl (C=O) groups is 1. The molecule has 1 aliphatic heterocycles. The van der Waals surface area contributed by atoms with Crippen molar-refractivity contribution in [1.82, 2.24) is 14.5 Å². The molecule has 1 N–H and O–H groups in total. The van der Waals surface area contributed by atoms with Crippen LogP contribution in [-0.2, 0) is 14.8 Å². The molecule has 0 atom stereocenters. The highest BCUT2D eigenvalue weighted by Crippen LogP contribution is 2.27. The van der Waals surface area contributed by atoms with Crippen LogP contribution >= 0.6 is 12.4 Å². The summed E-state index contributed by atoms with van der Waals surface area (Å²) in [4.78, 5) is 24.2. The Hall–Kier alpha value is -1.75. The second kappa shape index (κ2) is 8.76. The third kappa shape index (κ3) is 4.70. The van der Waals surface area contributed by atoms with Crippen molar-refractivity contribution in [1.29, 1.82) is 0 Å². The van der Waals surface area contributed by atoms with Crippen LogP contribution in [0.1, 0.15) is 11.1 Å². The first-order valence-corrected chi connectivity index (χ1v) is 9.29. The molecule has 0 spiro atoms. The number of carbonyl (C=O) groups excluding carboxylic acids is 1. The molecule has 1 aromatic rings. The maximum Gasteiger partial charge on any atom is 0.271 e. The first-order chi connectivity index (χ1) is 11.6. The molecule has 11 heteroatoms. The predicted octanol–water partition coefficient (Wildman–Crippen LogP) is 0.686. The highest BCUT2D eigenvalue weighted by molar-refractivity contribution is 7.89. The van der Waals surface area contributed by atoms with Crippen molar-refractivity contribution in [3.63, 3.8) is 0 Å². The molecule has 1 aliphatic rings. The van der Waals surface area contributed by atoms with Crippen LogP contribution in [0.5, 0.6) is 0 Å². The predicted molar refractivity (Wildman–Crippen MR) is 99.1 cm³/mol. The smallest absolute Gasteiger partial charge is 0.271 e. The summed E-state index contributed by atoms with van der Waals surface area (Å²) in [5.74, 6) is -0.285. The molecule has 1 heterocycles. The van der Waals surface area contributed by atoms with Crippen LogP contribution in [-0.4, -0.2) is 68.2 Å². The van der Waals surface area contributed by atoms with E-state index in [0.29, 0.717) is 37.3 Å². The second-order valence-corrected chi connectivity index (χ2v) is 8.05. The van der Waals surface area contributed by atoms with Crippen LogP contribution in [0, 0.1) is 24.0 Å². The van der Waals surface area contributed by atoms with Gasteiger partial charge in [0.25, 0.3) is 5.69 Å². The summed E-state index contributed by atoms with van der Waals surface area (Å²) in [6, 6.07) is 2.38. The normalized spacial score (nSPS) is 14.8. The zero-order chi connectivity index (χ0) is 18.8. The lowest BCUT2D eigenvalue weighted by molar-refractivity contribution is -0.385. The summed E-state index contributed by atoms with van der Waals surface area (Å²) in [7, 11) is -2.71. The number of benzene rings is 1. The lowest BCUT2D eigenvalue weighted by atomic mass is 10.1. The molecule has 0 aliphatic carbocycles. The Labute approximate surface area is 159 Å². The fourth-order valence-electron chi connectivity index (χ4n) is 2.64. The molecule has 1 amide bonds. The van der Waals surface area contributed by atoms with E-state index < -0.39 is 14.9 Å². The van der Waals surface area contributed by atoms with Crippen molar-refractivity contribution in [3.05, 3.63) is 33.4 Å². The van der Waals surface area contributed by atoms with E-state index in [1.807, 2.05) is 0 Å². The van der Waals surface area contributed by atoms with E-state index in [9.17, 15) is 23.3 Å². The van der Waals surface area contributed by atoms with Gasteiger partial charge in [0, 0.05) is 45.4 Å². The third-order valence-corrected chi connectivity index (χ3v) is 6.26. The summed E-state index contributed by atoms with van der Waals surface area (Å²) >= 11 is 0. The fraction of sp³-hybridized carbons (Fsp3) is 0.533. The third-order valence-electron chi connectivity index (χ3n) is 4.33. The van der Waals surface area contributed by atoms with Gasteiger partial charge in [-0.2, -0.15) is 4.31 Å². The average Bonchev–Trinajstić information content (AvgIpc) is 2.57. The number of halogens is 1. The maximum absolute atomic E-state index is 12.8. The minimum atomic E-state index is -4.02. The van der Waals surface area contributed by atoms with E-state index in [-0.39, 0.29) is 35.4 Å². The monoisotopic (exact) mass is 406 g/mol. The molecule has 0 saturated carbocycles. The van der Waals surface area contributed by atoms with Crippen molar-refractivity contribution in [2.45, 2.75) is 18.7 Å². The standard InChI is InChI=1S/C15H22N4O5S.ClH/c1-11-8-13(19(21)22)9-14(12(11)2)25(23,24)17(3)10-15(20)18-6-4-16-5-7-18;/h8-9,16H,4-7,10H2,1-3H3;1H. The fourth-order valence-corrected chi connectivity index (χ4v) is 4.07. The number of rotatable bonds is 5. The van der Waals surface area contributed by atoms with Crippen LogP contribution in [0.15, 0.2) is 17.0 Å². The number of aryl methyl sites for hydroxylation is 1. The number of nitro groups is 1. The molecule has 1 saturated heterocycles. The highest BCUT2D eigenvalue weighted by atomic mass is 35.5. The number of nitrogens with one attached hydrogen (secondary N) is 1. The van der Waals surface area contributed by atoms with E-state index in [0.717, 1.165) is 10.4 Å². The van der Waals surface area contributed by atoms with Crippen molar-refractivity contribution >= 4 is 34.0 Å². The average molecular weight is 407 g/mol. The summed E-state index contributed by atoms with van der Waals surface area (Å²) < 4.78 is 26.6. The largest absolute Gasteiger partial charge is 0.339 e. The van der Waals surface area contributed by atoms with Gasteiger partial charge >= 0.3 is 0 Å². The van der Waals surface area contributed by atoms with Crippen molar-refractivity contribution in [2.24, 2.45) is 0 Å². The van der Waals surface area contributed by atoms with Gasteiger partial charge in [0.1, 0.15) is 0 Å². The molecule has 0 unspecified atom stereocenters. The maximum atomic E-state index is 12.8. The number of non-ortho nitro benzene ring substituents is 1. The Bertz CT molecular complexity index is 793. The minimum absolute atomic E-state index is 0. The van der Waals surface area contributed by atoms with Crippen LogP contribution in [0.4, 0.5) is 5.69 Å². The molecule has 9 nitrogen and oxygen atoms in total. The van der Waals surface area contributed by atoms with Gasteiger partial charge in [0.15, 0.2) is 0 Å². The first kappa shape index (κ1) is 22.3. The zero-order valence-corrected chi connectivity index (χ0v) is 16.5. The van der Waals surface area contributed by atoms with E-state index in [2.05, 4.69) is 5.32 Å². The van der Waals surface area contributed by atoms with Crippen molar-refractivity contribution in [2.75, 3.05) is 39.8 Å². The number of likely N-dealkylation sites (N-methyl/N-ethyl adjacent to an activating group) is 1. The lowest BCUT2D eigenvalue weighted by Gasteiger charge is -2.29. The van der Waals surface area contributed by atoms with Crippen LogP contribution < -0.4 is 5.32 Å². The zero-order valence-electron chi connectivity index (χ0n) is 14.9. The molecule has 0 aromatic heterocycles. The van der Waals surface area contributed by atoms with Gasteiger partial charge in [0.2, 0.25) is 15.9 Å². The number of hydrogen-bond donors (Lipinski definition) is 1. The Morgan fingerprint density at radius 1 is 1.31 bits per heavy atom. The van der Waals surface area contributed by atoms with Gasteiger partial charge in [0.05, 0.1) is 16.4 Å². The van der Waals surface area contributed by atoms with Gasteiger partial charge in [-0.3, -0.25) is 14.9 Å². The Morgan fingerprint density at radius 3 is 2.42 bits per heavy atom. The van der Waals surface area contributed by atoms with E-state index in [1.165, 1.54) is 13.1 Å². The van der Waals surface area contributed by atoms with Crippen molar-refractivity contribution < 1.29 is 18.1 Å². The summed E-state index contributed by atoms with van der Waals surface area (Å²) in [5, 5.41) is 14.1. The molecular formula is C15H23ClN4O5S. The second-order valence-electron chi connectivity index (χ2n) is 6.03.